The van der Waals surface area contributed by atoms with E-state index in [9.17, 15) is 9.59 Å². The number of ether oxygens (including phenoxy) is 2. The van der Waals surface area contributed by atoms with Crippen molar-refractivity contribution in [2.45, 2.75) is 52.7 Å². The molecule has 0 spiro atoms. The molecule has 1 unspecified atom stereocenters. The number of benzene rings is 1. The van der Waals surface area contributed by atoms with E-state index < -0.39 is 17.6 Å². The van der Waals surface area contributed by atoms with E-state index in [-0.39, 0.29) is 5.91 Å². The second-order valence-electron chi connectivity index (χ2n) is 5.99. The van der Waals surface area contributed by atoms with Crippen LogP contribution in [0.3, 0.4) is 0 Å². The lowest BCUT2D eigenvalue weighted by Crippen LogP contribution is -2.54. The zero-order chi connectivity index (χ0) is 17.8. The first-order valence-electron chi connectivity index (χ1n) is 7.46. The molecule has 0 fully saturated rings. The molecule has 5 nitrogen and oxygen atoms in total. The molecule has 128 valence electrons. The lowest BCUT2D eigenvalue weighted by Gasteiger charge is -2.26. The van der Waals surface area contributed by atoms with Gasteiger partial charge in [-0.2, -0.15) is 0 Å². The Morgan fingerprint density at radius 2 is 1.78 bits per heavy atom. The van der Waals surface area contributed by atoms with Gasteiger partial charge in [0.1, 0.15) is 11.3 Å². The summed E-state index contributed by atoms with van der Waals surface area (Å²) in [7, 11) is 1.28. The average Bonchev–Trinajstić information content (AvgIpc) is 2.48. The predicted molar refractivity (Wildman–Crippen MR) is 89.9 cm³/mol. The van der Waals surface area contributed by atoms with Crippen LogP contribution in [0.15, 0.2) is 12.1 Å². The second kappa shape index (κ2) is 7.68. The van der Waals surface area contributed by atoms with Gasteiger partial charge in [0.15, 0.2) is 6.10 Å². The minimum absolute atomic E-state index is 0.367. The maximum absolute atomic E-state index is 12.4. The molecule has 1 aromatic rings. The molecule has 1 atom stereocenters. The smallest absolute Gasteiger partial charge is 0.330 e. The largest absolute Gasteiger partial charge is 0.481 e. The van der Waals surface area contributed by atoms with E-state index in [1.54, 1.807) is 26.0 Å². The van der Waals surface area contributed by atoms with Gasteiger partial charge in [0.2, 0.25) is 0 Å². The third-order valence-corrected chi connectivity index (χ3v) is 4.08. The topological polar surface area (TPSA) is 64.6 Å². The van der Waals surface area contributed by atoms with Gasteiger partial charge in [-0.05, 0) is 57.4 Å². The summed E-state index contributed by atoms with van der Waals surface area (Å²) in [5.41, 5.74) is 0.646. The quantitative estimate of drug-likeness (QED) is 0.807. The Balaban J connectivity index is 2.89. The summed E-state index contributed by atoms with van der Waals surface area (Å²) in [5, 5.41) is 3.34. The number of methoxy groups -OCH3 is 1. The van der Waals surface area contributed by atoms with Crippen molar-refractivity contribution in [1.82, 2.24) is 5.32 Å². The highest BCUT2D eigenvalue weighted by molar-refractivity contribution is 6.32. The van der Waals surface area contributed by atoms with Crippen LogP contribution >= 0.6 is 11.6 Å². The van der Waals surface area contributed by atoms with E-state index in [4.69, 9.17) is 16.3 Å². The summed E-state index contributed by atoms with van der Waals surface area (Å²) >= 11 is 6.13. The Morgan fingerprint density at radius 1 is 1.26 bits per heavy atom. The minimum Gasteiger partial charge on any atom is -0.481 e. The third-order valence-electron chi connectivity index (χ3n) is 3.48. The van der Waals surface area contributed by atoms with Crippen LogP contribution in [-0.2, 0) is 14.3 Å². The highest BCUT2D eigenvalue weighted by Crippen LogP contribution is 2.26. The average molecular weight is 342 g/mol. The summed E-state index contributed by atoms with van der Waals surface area (Å²) in [6.45, 7) is 8.76. The number of hydrogen-bond donors (Lipinski definition) is 1. The van der Waals surface area contributed by atoms with Crippen LogP contribution in [0.25, 0.3) is 0 Å². The van der Waals surface area contributed by atoms with Crippen molar-refractivity contribution in [2.75, 3.05) is 7.11 Å². The summed E-state index contributed by atoms with van der Waals surface area (Å²) in [5.74, 6) is -0.311. The molecule has 1 amide bonds. The lowest BCUT2D eigenvalue weighted by molar-refractivity contribution is -0.150. The molecule has 0 aliphatic carbocycles. The maximum atomic E-state index is 12.4. The number of carbonyl (C=O) groups is 2. The molecule has 0 heterocycles. The molecule has 23 heavy (non-hydrogen) atoms. The summed E-state index contributed by atoms with van der Waals surface area (Å²) in [4.78, 5) is 24.1. The van der Waals surface area contributed by atoms with Crippen LogP contribution in [0.2, 0.25) is 5.02 Å². The van der Waals surface area contributed by atoms with Gasteiger partial charge in [-0.15, -0.1) is 0 Å². The van der Waals surface area contributed by atoms with Crippen molar-refractivity contribution in [2.24, 2.45) is 0 Å². The van der Waals surface area contributed by atoms with E-state index in [0.717, 1.165) is 11.1 Å². The monoisotopic (exact) mass is 341 g/mol. The second-order valence-corrected chi connectivity index (χ2v) is 6.37. The van der Waals surface area contributed by atoms with Gasteiger partial charge in [-0.25, -0.2) is 4.79 Å². The van der Waals surface area contributed by atoms with Gasteiger partial charge in [-0.3, -0.25) is 4.79 Å². The van der Waals surface area contributed by atoms with E-state index in [1.165, 1.54) is 7.11 Å². The molecule has 1 N–H and O–H groups in total. The first-order valence-corrected chi connectivity index (χ1v) is 7.84. The van der Waals surface area contributed by atoms with Gasteiger partial charge in [0.05, 0.1) is 7.11 Å². The molecule has 0 aliphatic rings. The van der Waals surface area contributed by atoms with Gasteiger partial charge in [0, 0.05) is 5.02 Å². The van der Waals surface area contributed by atoms with Crippen molar-refractivity contribution in [3.63, 3.8) is 0 Å². The number of aryl methyl sites for hydroxylation is 2. The number of carbonyl (C=O) groups excluding carboxylic acids is 2. The van der Waals surface area contributed by atoms with Gasteiger partial charge >= 0.3 is 5.97 Å². The first-order chi connectivity index (χ1) is 10.6. The Kier molecular flexibility index (Phi) is 6.45. The fraction of sp³-hybridized carbons (Fsp3) is 0.529. The van der Waals surface area contributed by atoms with Crippen LogP contribution < -0.4 is 10.1 Å². The minimum atomic E-state index is -1.12. The van der Waals surface area contributed by atoms with Crippen molar-refractivity contribution in [3.8, 4) is 5.75 Å². The Morgan fingerprint density at radius 3 is 2.22 bits per heavy atom. The van der Waals surface area contributed by atoms with Crippen LogP contribution in [0.1, 0.15) is 38.3 Å². The van der Waals surface area contributed by atoms with Crippen molar-refractivity contribution < 1.29 is 19.1 Å². The fourth-order valence-corrected chi connectivity index (χ4v) is 2.26. The number of halogens is 1. The molecule has 0 radical (unpaired) electrons. The molecule has 0 aliphatic heterocycles. The highest BCUT2D eigenvalue weighted by atomic mass is 35.5. The zero-order valence-electron chi connectivity index (χ0n) is 14.5. The number of nitrogens with one attached hydrogen (secondary N) is 1. The molecule has 6 heteroatoms. The summed E-state index contributed by atoms with van der Waals surface area (Å²) in [6, 6.07) is 3.58. The highest BCUT2D eigenvalue weighted by Gasteiger charge is 2.33. The molecule has 1 aromatic carbocycles. The van der Waals surface area contributed by atoms with Crippen molar-refractivity contribution in [3.05, 3.63) is 28.3 Å². The molecule has 0 bridgehead atoms. The normalized spacial score (nSPS) is 12.5. The number of esters is 1. The van der Waals surface area contributed by atoms with Crippen LogP contribution in [0, 0.1) is 13.8 Å². The molecule has 0 saturated heterocycles. The molecule has 1 rings (SSSR count). The predicted octanol–water partition coefficient (Wildman–Crippen LogP) is 3.18. The number of rotatable bonds is 6. The SMILES string of the molecule is CCC(Oc1cc(C)c(Cl)c(C)c1)C(=O)NC(C)(C)C(=O)OC. The van der Waals surface area contributed by atoms with E-state index >= 15 is 0 Å². The standard InChI is InChI=1S/C17H24ClNO4/c1-7-13(15(20)19-17(4,5)16(21)22-6)23-12-8-10(2)14(18)11(3)9-12/h8-9,13H,7H2,1-6H3,(H,19,20). The molecular weight excluding hydrogens is 318 g/mol. The zero-order valence-corrected chi connectivity index (χ0v) is 15.2. The van der Waals surface area contributed by atoms with Crippen molar-refractivity contribution >= 4 is 23.5 Å². The fourth-order valence-electron chi connectivity index (χ4n) is 2.16. The summed E-state index contributed by atoms with van der Waals surface area (Å²) < 4.78 is 10.5. The van der Waals surface area contributed by atoms with Gasteiger partial charge in [-0.1, -0.05) is 18.5 Å². The molecule has 0 aromatic heterocycles. The van der Waals surface area contributed by atoms with Gasteiger partial charge < -0.3 is 14.8 Å². The number of hydrogen-bond acceptors (Lipinski definition) is 4. The van der Waals surface area contributed by atoms with Crippen molar-refractivity contribution in [1.29, 1.82) is 0 Å². The van der Waals surface area contributed by atoms with Crippen LogP contribution in [-0.4, -0.2) is 30.6 Å². The third kappa shape index (κ3) is 4.86. The maximum Gasteiger partial charge on any atom is 0.330 e. The molecule has 0 saturated carbocycles. The van der Waals surface area contributed by atoms with Gasteiger partial charge in [0.25, 0.3) is 5.91 Å². The number of amides is 1. The van der Waals surface area contributed by atoms with Crippen LogP contribution in [0.5, 0.6) is 5.75 Å². The van der Waals surface area contributed by atoms with E-state index in [0.29, 0.717) is 17.2 Å². The Labute approximate surface area is 142 Å². The Hall–Kier alpha value is -1.75. The lowest BCUT2D eigenvalue weighted by atomic mass is 10.1. The van der Waals surface area contributed by atoms with E-state index in [2.05, 4.69) is 10.1 Å². The summed E-state index contributed by atoms with van der Waals surface area (Å²) in [6.07, 6.45) is -0.247. The Bertz CT molecular complexity index is 575. The molecular formula is C17H24ClNO4. The van der Waals surface area contributed by atoms with Crippen LogP contribution in [0.4, 0.5) is 0 Å². The first kappa shape index (κ1) is 19.3. The van der Waals surface area contributed by atoms with E-state index in [1.807, 2.05) is 20.8 Å².